The molecular formula is C14H20BrNO3S. The van der Waals surface area contributed by atoms with E-state index in [-0.39, 0.29) is 10.9 Å². The van der Waals surface area contributed by atoms with E-state index in [0.29, 0.717) is 16.1 Å². The molecular weight excluding hydrogens is 342 g/mol. The molecule has 6 heteroatoms. The Morgan fingerprint density at radius 2 is 2.15 bits per heavy atom. The number of halogens is 1. The van der Waals surface area contributed by atoms with Crippen LogP contribution in [0.1, 0.15) is 32.6 Å². The molecule has 1 unspecified atom stereocenters. The minimum Gasteiger partial charge on any atom is -0.495 e. The second-order valence-corrected chi connectivity index (χ2v) is 7.80. The van der Waals surface area contributed by atoms with Crippen LogP contribution in [0, 0.1) is 5.92 Å². The number of hydrogen-bond acceptors (Lipinski definition) is 3. The molecule has 0 bridgehead atoms. The maximum Gasteiger partial charge on any atom is 0.244 e. The zero-order valence-electron chi connectivity index (χ0n) is 11.7. The van der Waals surface area contributed by atoms with Gasteiger partial charge in [-0.15, -0.1) is 0 Å². The van der Waals surface area contributed by atoms with Gasteiger partial charge in [0.1, 0.15) is 10.6 Å². The van der Waals surface area contributed by atoms with E-state index in [1.165, 1.54) is 20.0 Å². The van der Waals surface area contributed by atoms with Gasteiger partial charge in [0.25, 0.3) is 0 Å². The minimum absolute atomic E-state index is 0.00353. The maximum atomic E-state index is 12.5. The van der Waals surface area contributed by atoms with Crippen LogP contribution in [0.4, 0.5) is 0 Å². The fourth-order valence-corrected chi connectivity index (χ4v) is 4.24. The topological polar surface area (TPSA) is 55.4 Å². The Hall–Kier alpha value is -0.590. The Morgan fingerprint density at radius 1 is 1.45 bits per heavy atom. The molecule has 0 spiro atoms. The first-order valence-corrected chi connectivity index (χ1v) is 9.09. The van der Waals surface area contributed by atoms with Crippen LogP contribution >= 0.6 is 15.9 Å². The van der Waals surface area contributed by atoms with Crippen LogP contribution in [0.15, 0.2) is 27.6 Å². The molecule has 1 aromatic carbocycles. The third kappa shape index (κ3) is 3.96. The van der Waals surface area contributed by atoms with Crippen molar-refractivity contribution in [2.75, 3.05) is 7.11 Å². The number of benzene rings is 1. The van der Waals surface area contributed by atoms with Gasteiger partial charge < -0.3 is 4.74 Å². The Labute approximate surface area is 129 Å². The van der Waals surface area contributed by atoms with Crippen molar-refractivity contribution >= 4 is 26.0 Å². The normalized spacial score (nSPS) is 16.9. The van der Waals surface area contributed by atoms with Gasteiger partial charge in [-0.05, 0) is 37.0 Å². The Bertz CT molecular complexity index is 570. The van der Waals surface area contributed by atoms with Gasteiger partial charge in [-0.1, -0.05) is 35.7 Å². The first-order chi connectivity index (χ1) is 9.46. The summed E-state index contributed by atoms with van der Waals surface area (Å²) in [5.74, 6) is 1.05. The monoisotopic (exact) mass is 361 g/mol. The Kier molecular flexibility index (Phi) is 5.09. The van der Waals surface area contributed by atoms with Crippen molar-refractivity contribution in [1.29, 1.82) is 0 Å². The summed E-state index contributed by atoms with van der Waals surface area (Å²) >= 11 is 3.30. The largest absolute Gasteiger partial charge is 0.495 e. The van der Waals surface area contributed by atoms with E-state index in [1.54, 1.807) is 18.2 Å². The van der Waals surface area contributed by atoms with E-state index >= 15 is 0 Å². The SMILES string of the molecule is CCC(CC1CC1)NS(=O)(=O)c1cc(Br)ccc1OC. The maximum absolute atomic E-state index is 12.5. The van der Waals surface area contributed by atoms with E-state index in [9.17, 15) is 8.42 Å². The number of rotatable bonds is 7. The molecule has 0 amide bonds. The molecule has 1 aliphatic carbocycles. The molecule has 2 rings (SSSR count). The Morgan fingerprint density at radius 3 is 2.70 bits per heavy atom. The van der Waals surface area contributed by atoms with E-state index < -0.39 is 10.0 Å². The molecule has 1 atom stereocenters. The molecule has 0 radical (unpaired) electrons. The predicted octanol–water partition coefficient (Wildman–Crippen LogP) is 3.31. The zero-order chi connectivity index (χ0) is 14.8. The molecule has 4 nitrogen and oxygen atoms in total. The average molecular weight is 362 g/mol. The summed E-state index contributed by atoms with van der Waals surface area (Å²) in [6.07, 6.45) is 4.16. The predicted molar refractivity (Wildman–Crippen MR) is 82.4 cm³/mol. The fourth-order valence-electron chi connectivity index (χ4n) is 2.20. The molecule has 112 valence electrons. The van der Waals surface area contributed by atoms with Gasteiger partial charge in [-0.2, -0.15) is 0 Å². The number of hydrogen-bond donors (Lipinski definition) is 1. The van der Waals surface area contributed by atoms with Crippen molar-refractivity contribution in [2.24, 2.45) is 5.92 Å². The van der Waals surface area contributed by atoms with Gasteiger partial charge >= 0.3 is 0 Å². The number of ether oxygens (including phenoxy) is 1. The quantitative estimate of drug-likeness (QED) is 0.810. The zero-order valence-corrected chi connectivity index (χ0v) is 14.1. The standard InChI is InChI=1S/C14H20BrNO3S/c1-3-12(8-10-4-5-10)16-20(17,18)14-9-11(15)6-7-13(14)19-2/h6-7,9-10,12,16H,3-5,8H2,1-2H3. The van der Waals surface area contributed by atoms with Crippen LogP contribution in [-0.4, -0.2) is 21.6 Å². The van der Waals surface area contributed by atoms with Gasteiger partial charge in [0.15, 0.2) is 0 Å². The van der Waals surface area contributed by atoms with Gasteiger partial charge in [-0.3, -0.25) is 0 Å². The van der Waals surface area contributed by atoms with Crippen molar-refractivity contribution in [3.8, 4) is 5.75 Å². The molecule has 0 aromatic heterocycles. The number of sulfonamides is 1. The molecule has 1 fully saturated rings. The van der Waals surface area contributed by atoms with Crippen molar-refractivity contribution in [2.45, 2.75) is 43.5 Å². The summed E-state index contributed by atoms with van der Waals surface area (Å²) in [6.45, 7) is 2.01. The summed E-state index contributed by atoms with van der Waals surface area (Å²) in [5, 5.41) is 0. The molecule has 0 aliphatic heterocycles. The van der Waals surface area contributed by atoms with E-state index in [4.69, 9.17) is 4.74 Å². The van der Waals surface area contributed by atoms with Crippen molar-refractivity contribution in [3.63, 3.8) is 0 Å². The second-order valence-electron chi connectivity index (χ2n) is 5.20. The molecule has 20 heavy (non-hydrogen) atoms. The van der Waals surface area contributed by atoms with Crippen LogP contribution in [0.25, 0.3) is 0 Å². The molecule has 1 aromatic rings. The number of nitrogens with one attached hydrogen (secondary N) is 1. The average Bonchev–Trinajstić information content (AvgIpc) is 3.21. The van der Waals surface area contributed by atoms with Gasteiger partial charge in [0.05, 0.1) is 7.11 Å². The highest BCUT2D eigenvalue weighted by Crippen LogP contribution is 2.35. The van der Waals surface area contributed by atoms with Crippen LogP contribution in [0.2, 0.25) is 0 Å². The third-order valence-electron chi connectivity index (χ3n) is 3.54. The molecule has 1 saturated carbocycles. The van der Waals surface area contributed by atoms with Gasteiger partial charge in [0, 0.05) is 10.5 Å². The molecule has 0 heterocycles. The lowest BCUT2D eigenvalue weighted by molar-refractivity contribution is 0.401. The van der Waals surface area contributed by atoms with E-state index in [0.717, 1.165) is 12.8 Å². The molecule has 0 saturated heterocycles. The van der Waals surface area contributed by atoms with Gasteiger partial charge in [0.2, 0.25) is 10.0 Å². The van der Waals surface area contributed by atoms with Crippen LogP contribution in [-0.2, 0) is 10.0 Å². The van der Waals surface area contributed by atoms with Crippen LogP contribution < -0.4 is 9.46 Å². The van der Waals surface area contributed by atoms with Gasteiger partial charge in [-0.25, -0.2) is 13.1 Å². The first-order valence-electron chi connectivity index (χ1n) is 6.82. The first kappa shape index (κ1) is 15.8. The van der Waals surface area contributed by atoms with E-state index in [2.05, 4.69) is 20.7 Å². The lowest BCUT2D eigenvalue weighted by atomic mass is 10.1. The summed E-state index contributed by atoms with van der Waals surface area (Å²) < 4.78 is 33.7. The lowest BCUT2D eigenvalue weighted by Crippen LogP contribution is -2.35. The Balaban J connectivity index is 2.22. The third-order valence-corrected chi connectivity index (χ3v) is 5.58. The highest BCUT2D eigenvalue weighted by Gasteiger charge is 2.28. The van der Waals surface area contributed by atoms with Crippen molar-refractivity contribution in [3.05, 3.63) is 22.7 Å². The second kappa shape index (κ2) is 6.45. The van der Waals surface area contributed by atoms with Crippen LogP contribution in [0.3, 0.4) is 0 Å². The fraction of sp³-hybridized carbons (Fsp3) is 0.571. The number of methoxy groups -OCH3 is 1. The summed E-state index contributed by atoms with van der Waals surface area (Å²) in [5.41, 5.74) is 0. The highest BCUT2D eigenvalue weighted by molar-refractivity contribution is 9.10. The highest BCUT2D eigenvalue weighted by atomic mass is 79.9. The molecule has 1 aliphatic rings. The minimum atomic E-state index is -3.56. The summed E-state index contributed by atoms with van der Waals surface area (Å²) in [6, 6.07) is 4.99. The lowest BCUT2D eigenvalue weighted by Gasteiger charge is -2.18. The smallest absolute Gasteiger partial charge is 0.244 e. The summed E-state index contributed by atoms with van der Waals surface area (Å²) in [4.78, 5) is 0.184. The molecule has 1 N–H and O–H groups in total. The summed E-state index contributed by atoms with van der Waals surface area (Å²) in [7, 11) is -2.08. The van der Waals surface area contributed by atoms with Crippen LogP contribution in [0.5, 0.6) is 5.75 Å². The van der Waals surface area contributed by atoms with Crippen molar-refractivity contribution < 1.29 is 13.2 Å². The van der Waals surface area contributed by atoms with E-state index in [1.807, 2.05) is 6.92 Å². The van der Waals surface area contributed by atoms with Crippen molar-refractivity contribution in [1.82, 2.24) is 4.72 Å².